The van der Waals surface area contributed by atoms with Crippen molar-refractivity contribution in [2.24, 2.45) is 23.5 Å². The normalized spacial score (nSPS) is 23.6. The number of para-hydroxylation sites is 1. The Morgan fingerprint density at radius 2 is 1.68 bits per heavy atom. The zero-order chi connectivity index (χ0) is 15.6. The minimum atomic E-state index is -1.38. The van der Waals surface area contributed by atoms with Crippen LogP contribution in [0.3, 0.4) is 0 Å². The van der Waals surface area contributed by atoms with Crippen LogP contribution in [0.2, 0.25) is 0 Å². The van der Waals surface area contributed by atoms with Crippen LogP contribution in [0.1, 0.15) is 0 Å². The number of carboxylic acid groups (broad SMARTS) is 2. The van der Waals surface area contributed by atoms with E-state index in [1.807, 2.05) is 0 Å². The minimum Gasteiger partial charge on any atom is -0.481 e. The van der Waals surface area contributed by atoms with Crippen LogP contribution in [0.5, 0.6) is 0 Å². The number of aliphatic carboxylic acids is 2. The molecule has 1 aromatic rings. The molecule has 22 heavy (non-hydrogen) atoms. The number of carboxylic acids is 2. The van der Waals surface area contributed by atoms with Gasteiger partial charge < -0.3 is 15.9 Å². The van der Waals surface area contributed by atoms with Crippen LogP contribution in [0.4, 0.5) is 5.69 Å². The van der Waals surface area contributed by atoms with Gasteiger partial charge in [0.25, 0.3) is 0 Å². The van der Waals surface area contributed by atoms with E-state index >= 15 is 0 Å². The first-order chi connectivity index (χ1) is 9.93. The Kier molecular flexibility index (Phi) is 5.72. The number of hydrogen-bond acceptors (Lipinski definition) is 5. The highest BCUT2D eigenvalue weighted by molar-refractivity contribution is 5.93. The van der Waals surface area contributed by atoms with Gasteiger partial charge in [-0.2, -0.15) is 0 Å². The first kappa shape index (κ1) is 17.7. The average Bonchev–Trinajstić information content (AvgIpc) is 3.20. The number of nitrogens with one attached hydrogen (secondary N) is 2. The number of carbonyl (C=O) groups is 3. The van der Waals surface area contributed by atoms with E-state index in [4.69, 9.17) is 15.9 Å². The number of hydrogen-bond donors (Lipinski definition) is 5. The van der Waals surface area contributed by atoms with Gasteiger partial charge in [-0.05, 0) is 12.1 Å². The first-order valence-electron chi connectivity index (χ1n) is 6.25. The number of nitrogens with two attached hydrogens (primary N) is 1. The van der Waals surface area contributed by atoms with E-state index in [1.54, 1.807) is 30.3 Å². The second-order valence-corrected chi connectivity index (χ2v) is 4.81. The highest BCUT2D eigenvalue weighted by Crippen LogP contribution is 2.48. The molecule has 4 unspecified atom stereocenters. The summed E-state index contributed by atoms with van der Waals surface area (Å²) in [7, 11) is 0. The van der Waals surface area contributed by atoms with Gasteiger partial charge in [-0.3, -0.25) is 25.2 Å². The summed E-state index contributed by atoms with van der Waals surface area (Å²) in [4.78, 5) is 33.8. The van der Waals surface area contributed by atoms with Gasteiger partial charge in [0.2, 0.25) is 5.91 Å². The van der Waals surface area contributed by atoms with E-state index < -0.39 is 41.6 Å². The SMILES string of the molecule is Cl.NC(C(=O)O)C1C(C(=O)O)C1C(=O)NNc1ccccc1. The number of carbonyl (C=O) groups excluding carboxylic acids is 1. The predicted molar refractivity (Wildman–Crippen MR) is 79.2 cm³/mol. The molecule has 1 aliphatic rings. The molecule has 0 bridgehead atoms. The van der Waals surface area contributed by atoms with Gasteiger partial charge >= 0.3 is 11.9 Å². The molecule has 8 nitrogen and oxygen atoms in total. The summed E-state index contributed by atoms with van der Waals surface area (Å²) in [6.07, 6.45) is 0. The maximum absolute atomic E-state index is 11.9. The van der Waals surface area contributed by atoms with Crippen molar-refractivity contribution < 1.29 is 24.6 Å². The van der Waals surface area contributed by atoms with Gasteiger partial charge in [-0.1, -0.05) is 18.2 Å². The topological polar surface area (TPSA) is 142 Å². The van der Waals surface area contributed by atoms with E-state index in [0.29, 0.717) is 5.69 Å². The summed E-state index contributed by atoms with van der Waals surface area (Å²) >= 11 is 0. The molecule has 1 aliphatic carbocycles. The van der Waals surface area contributed by atoms with Crippen molar-refractivity contribution in [1.29, 1.82) is 0 Å². The standard InChI is InChI=1S/C13H15N3O5.ClH/c14-10(13(20)21)7-8(9(7)12(18)19)11(17)16-15-6-4-2-1-3-5-6;/h1-5,7-10,15H,14H2,(H,16,17)(H,18,19)(H,20,21);1H. The third kappa shape index (κ3) is 3.66. The van der Waals surface area contributed by atoms with Gasteiger partial charge in [0.05, 0.1) is 17.5 Å². The Balaban J connectivity index is 0.00000242. The Morgan fingerprint density at radius 1 is 1.09 bits per heavy atom. The smallest absolute Gasteiger partial charge is 0.320 e. The summed E-state index contributed by atoms with van der Waals surface area (Å²) in [5.74, 6) is -6.07. The predicted octanol–water partition coefficient (Wildman–Crippen LogP) is -0.0898. The first-order valence-corrected chi connectivity index (χ1v) is 6.25. The molecule has 1 aromatic carbocycles. The molecule has 4 atom stereocenters. The quantitative estimate of drug-likeness (QED) is 0.459. The van der Waals surface area contributed by atoms with Gasteiger partial charge in [-0.15, -0.1) is 12.4 Å². The zero-order valence-electron chi connectivity index (χ0n) is 11.3. The summed E-state index contributed by atoms with van der Waals surface area (Å²) in [5.41, 5.74) is 11.0. The number of rotatable bonds is 6. The fourth-order valence-corrected chi connectivity index (χ4v) is 2.34. The second-order valence-electron chi connectivity index (χ2n) is 4.81. The maximum Gasteiger partial charge on any atom is 0.320 e. The highest BCUT2D eigenvalue weighted by atomic mass is 35.5. The van der Waals surface area contributed by atoms with Gasteiger partial charge in [0, 0.05) is 5.92 Å². The fraction of sp³-hybridized carbons (Fsp3) is 0.308. The van der Waals surface area contributed by atoms with E-state index in [0.717, 1.165) is 0 Å². The van der Waals surface area contributed by atoms with Crippen molar-refractivity contribution in [3.05, 3.63) is 30.3 Å². The highest BCUT2D eigenvalue weighted by Gasteiger charge is 2.63. The summed E-state index contributed by atoms with van der Waals surface area (Å²) in [6.45, 7) is 0. The lowest BCUT2D eigenvalue weighted by molar-refractivity contribution is -0.141. The lowest BCUT2D eigenvalue weighted by Gasteiger charge is -2.08. The molecule has 0 aromatic heterocycles. The Morgan fingerprint density at radius 3 is 2.18 bits per heavy atom. The molecule has 0 aliphatic heterocycles. The van der Waals surface area contributed by atoms with E-state index in [9.17, 15) is 14.4 Å². The lowest BCUT2D eigenvalue weighted by atomic mass is 10.1. The molecule has 0 radical (unpaired) electrons. The molecule has 6 N–H and O–H groups in total. The molecule has 0 spiro atoms. The monoisotopic (exact) mass is 329 g/mol. The molecule has 120 valence electrons. The molecule has 9 heteroatoms. The van der Waals surface area contributed by atoms with Gasteiger partial charge in [0.15, 0.2) is 0 Å². The van der Waals surface area contributed by atoms with Crippen LogP contribution >= 0.6 is 12.4 Å². The Labute approximate surface area is 132 Å². The van der Waals surface area contributed by atoms with Crippen molar-refractivity contribution in [3.8, 4) is 0 Å². The summed E-state index contributed by atoms with van der Waals surface area (Å²) in [5, 5.41) is 17.8. The minimum absolute atomic E-state index is 0. The van der Waals surface area contributed by atoms with Crippen molar-refractivity contribution in [2.75, 3.05) is 5.43 Å². The Hall–Kier alpha value is -2.32. The van der Waals surface area contributed by atoms with Crippen LogP contribution in [0.15, 0.2) is 30.3 Å². The number of halogens is 1. The number of benzene rings is 1. The lowest BCUT2D eigenvalue weighted by Crippen LogP contribution is -2.36. The Bertz CT molecular complexity index is 568. The zero-order valence-corrected chi connectivity index (χ0v) is 12.1. The maximum atomic E-state index is 11.9. The van der Waals surface area contributed by atoms with Crippen molar-refractivity contribution >= 4 is 35.9 Å². The van der Waals surface area contributed by atoms with Crippen LogP contribution in [-0.4, -0.2) is 34.1 Å². The largest absolute Gasteiger partial charge is 0.481 e. The summed E-state index contributed by atoms with van der Waals surface area (Å²) in [6, 6.07) is 7.36. The number of hydrazine groups is 1. The molecule has 2 rings (SSSR count). The number of amides is 1. The van der Waals surface area contributed by atoms with Crippen molar-refractivity contribution in [1.82, 2.24) is 5.43 Å². The van der Waals surface area contributed by atoms with E-state index in [-0.39, 0.29) is 12.4 Å². The van der Waals surface area contributed by atoms with Gasteiger partial charge in [-0.25, -0.2) is 0 Å². The van der Waals surface area contributed by atoms with Crippen LogP contribution in [0, 0.1) is 17.8 Å². The summed E-state index contributed by atoms with van der Waals surface area (Å²) < 4.78 is 0. The average molecular weight is 330 g/mol. The van der Waals surface area contributed by atoms with Crippen LogP contribution in [0.25, 0.3) is 0 Å². The van der Waals surface area contributed by atoms with Crippen molar-refractivity contribution in [3.63, 3.8) is 0 Å². The number of anilines is 1. The van der Waals surface area contributed by atoms with E-state index in [1.165, 1.54) is 0 Å². The molecule has 1 saturated carbocycles. The van der Waals surface area contributed by atoms with Gasteiger partial charge in [0.1, 0.15) is 6.04 Å². The third-order valence-electron chi connectivity index (χ3n) is 3.47. The molecule has 0 saturated heterocycles. The third-order valence-corrected chi connectivity index (χ3v) is 3.47. The molecule has 1 fully saturated rings. The van der Waals surface area contributed by atoms with E-state index in [2.05, 4.69) is 10.9 Å². The van der Waals surface area contributed by atoms with Crippen LogP contribution in [-0.2, 0) is 14.4 Å². The molecular weight excluding hydrogens is 314 g/mol. The molecular formula is C13H16ClN3O5. The second kappa shape index (κ2) is 7.10. The fourth-order valence-electron chi connectivity index (χ4n) is 2.34. The molecule has 1 amide bonds. The molecule has 0 heterocycles. The van der Waals surface area contributed by atoms with Crippen molar-refractivity contribution in [2.45, 2.75) is 6.04 Å². The van der Waals surface area contributed by atoms with Crippen LogP contribution < -0.4 is 16.6 Å².